The first-order valence-electron chi connectivity index (χ1n) is 10.0. The molecule has 3 nitrogen and oxygen atoms in total. The van der Waals surface area contributed by atoms with E-state index >= 15 is 0 Å². The van der Waals surface area contributed by atoms with Gasteiger partial charge in [-0.15, -0.1) is 11.3 Å². The summed E-state index contributed by atoms with van der Waals surface area (Å²) >= 11 is 1.45. The summed E-state index contributed by atoms with van der Waals surface area (Å²) in [5, 5.41) is 5.55. The van der Waals surface area contributed by atoms with E-state index in [0.717, 1.165) is 28.8 Å². The molecule has 30 heavy (non-hydrogen) atoms. The Morgan fingerprint density at radius 3 is 2.40 bits per heavy atom. The normalized spacial score (nSPS) is 10.7. The van der Waals surface area contributed by atoms with Crippen LogP contribution in [-0.4, -0.2) is 10.9 Å². The average Bonchev–Trinajstić information content (AvgIpc) is 3.20. The van der Waals surface area contributed by atoms with Gasteiger partial charge in [0.15, 0.2) is 5.13 Å². The molecule has 0 saturated heterocycles. The molecule has 0 spiro atoms. The molecule has 150 valence electrons. The van der Waals surface area contributed by atoms with Gasteiger partial charge in [-0.3, -0.25) is 4.79 Å². The highest BCUT2D eigenvalue weighted by Crippen LogP contribution is 2.26. The highest BCUT2D eigenvalue weighted by molar-refractivity contribution is 7.14. The van der Waals surface area contributed by atoms with E-state index in [1.54, 1.807) is 0 Å². The van der Waals surface area contributed by atoms with Crippen LogP contribution in [0.3, 0.4) is 0 Å². The number of anilines is 1. The Labute approximate surface area is 181 Å². The Morgan fingerprint density at radius 2 is 1.67 bits per heavy atom. The van der Waals surface area contributed by atoms with Crippen LogP contribution >= 0.6 is 11.3 Å². The molecule has 0 saturated carbocycles. The molecular formula is C26H24N2OS. The Morgan fingerprint density at radius 1 is 0.933 bits per heavy atom. The van der Waals surface area contributed by atoms with Crippen LogP contribution in [0.25, 0.3) is 11.3 Å². The van der Waals surface area contributed by atoms with Crippen molar-refractivity contribution in [2.75, 3.05) is 5.32 Å². The van der Waals surface area contributed by atoms with E-state index in [0.29, 0.717) is 11.6 Å². The van der Waals surface area contributed by atoms with Crippen LogP contribution in [0, 0.1) is 13.8 Å². The minimum Gasteiger partial charge on any atom is -0.302 e. The maximum atomic E-state index is 12.4. The zero-order valence-corrected chi connectivity index (χ0v) is 18.0. The molecule has 0 fully saturated rings. The van der Waals surface area contributed by atoms with Crippen LogP contribution in [-0.2, 0) is 17.6 Å². The van der Waals surface area contributed by atoms with Crippen molar-refractivity contribution in [3.05, 3.63) is 106 Å². The molecule has 0 aliphatic rings. The third-order valence-electron chi connectivity index (χ3n) is 5.10. The smallest absolute Gasteiger partial charge is 0.230 e. The second kappa shape index (κ2) is 9.06. The third-order valence-corrected chi connectivity index (χ3v) is 5.86. The Kier molecular flexibility index (Phi) is 6.05. The van der Waals surface area contributed by atoms with E-state index in [1.807, 2.05) is 30.5 Å². The molecule has 4 aromatic rings. The molecule has 1 aromatic heterocycles. The van der Waals surface area contributed by atoms with Crippen LogP contribution in [0.1, 0.15) is 27.8 Å². The van der Waals surface area contributed by atoms with E-state index in [1.165, 1.54) is 28.0 Å². The molecule has 0 atom stereocenters. The van der Waals surface area contributed by atoms with Crippen molar-refractivity contribution in [1.29, 1.82) is 0 Å². The summed E-state index contributed by atoms with van der Waals surface area (Å²) in [7, 11) is 0. The van der Waals surface area contributed by atoms with Gasteiger partial charge in [-0.25, -0.2) is 4.98 Å². The van der Waals surface area contributed by atoms with Gasteiger partial charge in [0.05, 0.1) is 12.1 Å². The van der Waals surface area contributed by atoms with Gasteiger partial charge in [-0.1, -0.05) is 78.4 Å². The number of nitrogens with one attached hydrogen (secondary N) is 1. The number of aryl methyl sites for hydroxylation is 2. The Bertz CT molecular complexity index is 1150. The second-order valence-corrected chi connectivity index (χ2v) is 8.41. The van der Waals surface area contributed by atoms with Gasteiger partial charge >= 0.3 is 0 Å². The maximum Gasteiger partial charge on any atom is 0.230 e. The SMILES string of the molecule is Cc1ccc(CC(=O)Nc2nc(-c3ccc(Cc4ccccc4)cc3)cs2)c(C)c1. The molecule has 1 heterocycles. The number of carbonyl (C=O) groups is 1. The summed E-state index contributed by atoms with van der Waals surface area (Å²) in [6.45, 7) is 4.10. The van der Waals surface area contributed by atoms with Crippen LogP contribution in [0.15, 0.2) is 78.2 Å². The summed E-state index contributed by atoms with van der Waals surface area (Å²) in [5.41, 5.74) is 7.89. The van der Waals surface area contributed by atoms with Gasteiger partial charge in [-0.2, -0.15) is 0 Å². The van der Waals surface area contributed by atoms with Crippen LogP contribution in [0.2, 0.25) is 0 Å². The summed E-state index contributed by atoms with van der Waals surface area (Å²) in [5.74, 6) is -0.0407. The Balaban J connectivity index is 1.39. The number of hydrogen-bond donors (Lipinski definition) is 1. The second-order valence-electron chi connectivity index (χ2n) is 7.55. The Hall–Kier alpha value is -3.24. The van der Waals surface area contributed by atoms with Crippen LogP contribution in [0.4, 0.5) is 5.13 Å². The summed E-state index contributed by atoms with van der Waals surface area (Å²) in [6, 6.07) is 25.1. The first-order valence-corrected chi connectivity index (χ1v) is 10.9. The topological polar surface area (TPSA) is 42.0 Å². The minimum absolute atomic E-state index is 0.0407. The van der Waals surface area contributed by atoms with Gasteiger partial charge in [0.25, 0.3) is 0 Å². The molecule has 4 rings (SSSR count). The molecule has 0 unspecified atom stereocenters. The van der Waals surface area contributed by atoms with Gasteiger partial charge < -0.3 is 5.32 Å². The van der Waals surface area contributed by atoms with E-state index in [2.05, 4.69) is 71.8 Å². The zero-order valence-electron chi connectivity index (χ0n) is 17.2. The van der Waals surface area contributed by atoms with Crippen molar-refractivity contribution in [2.45, 2.75) is 26.7 Å². The van der Waals surface area contributed by atoms with Gasteiger partial charge in [0, 0.05) is 10.9 Å². The number of amides is 1. The molecule has 1 amide bonds. The summed E-state index contributed by atoms with van der Waals surface area (Å²) in [4.78, 5) is 17.0. The van der Waals surface area contributed by atoms with Crippen molar-refractivity contribution in [3.63, 3.8) is 0 Å². The fraction of sp³-hybridized carbons (Fsp3) is 0.154. The molecule has 1 N–H and O–H groups in total. The summed E-state index contributed by atoms with van der Waals surface area (Å²) < 4.78 is 0. The zero-order chi connectivity index (χ0) is 20.9. The highest BCUT2D eigenvalue weighted by atomic mass is 32.1. The maximum absolute atomic E-state index is 12.4. The van der Waals surface area contributed by atoms with E-state index < -0.39 is 0 Å². The largest absolute Gasteiger partial charge is 0.302 e. The number of benzene rings is 3. The number of carbonyl (C=O) groups excluding carboxylic acids is 1. The van der Waals surface area contributed by atoms with Crippen molar-refractivity contribution >= 4 is 22.4 Å². The highest BCUT2D eigenvalue weighted by Gasteiger charge is 2.10. The van der Waals surface area contributed by atoms with Crippen molar-refractivity contribution in [2.24, 2.45) is 0 Å². The number of hydrogen-bond acceptors (Lipinski definition) is 3. The predicted octanol–water partition coefficient (Wildman–Crippen LogP) is 6.20. The number of nitrogens with zero attached hydrogens (tertiary/aromatic N) is 1. The fourth-order valence-electron chi connectivity index (χ4n) is 3.47. The molecule has 0 bridgehead atoms. The monoisotopic (exact) mass is 412 g/mol. The lowest BCUT2D eigenvalue weighted by molar-refractivity contribution is -0.115. The van der Waals surface area contributed by atoms with E-state index in [9.17, 15) is 4.79 Å². The van der Waals surface area contributed by atoms with E-state index in [-0.39, 0.29) is 5.91 Å². The fourth-order valence-corrected chi connectivity index (χ4v) is 4.21. The van der Waals surface area contributed by atoms with Crippen molar-refractivity contribution in [1.82, 2.24) is 4.98 Å². The number of rotatable bonds is 6. The van der Waals surface area contributed by atoms with Crippen LogP contribution < -0.4 is 5.32 Å². The van der Waals surface area contributed by atoms with Crippen molar-refractivity contribution < 1.29 is 4.79 Å². The molecular weight excluding hydrogens is 388 g/mol. The molecule has 4 heteroatoms. The quantitative estimate of drug-likeness (QED) is 0.410. The first-order chi connectivity index (χ1) is 14.6. The molecule has 0 aliphatic carbocycles. The summed E-state index contributed by atoms with van der Waals surface area (Å²) in [6.07, 6.45) is 1.27. The standard InChI is InChI=1S/C26H24N2OS/c1-18-8-11-23(19(2)14-18)16-25(29)28-26-27-24(17-30-26)22-12-9-21(10-13-22)15-20-6-4-3-5-7-20/h3-14,17H,15-16H2,1-2H3,(H,27,28,29). The predicted molar refractivity (Wildman–Crippen MR) is 125 cm³/mol. The first kappa shape index (κ1) is 20.0. The lowest BCUT2D eigenvalue weighted by atomic mass is 10.0. The average molecular weight is 413 g/mol. The van der Waals surface area contributed by atoms with Crippen LogP contribution in [0.5, 0.6) is 0 Å². The van der Waals surface area contributed by atoms with Gasteiger partial charge in [-0.05, 0) is 42.5 Å². The number of aromatic nitrogens is 1. The molecule has 0 radical (unpaired) electrons. The van der Waals surface area contributed by atoms with E-state index in [4.69, 9.17) is 0 Å². The third kappa shape index (κ3) is 5.02. The minimum atomic E-state index is -0.0407. The van der Waals surface area contributed by atoms with Gasteiger partial charge in [0.1, 0.15) is 0 Å². The lowest BCUT2D eigenvalue weighted by Gasteiger charge is -2.06. The molecule has 3 aromatic carbocycles. The van der Waals surface area contributed by atoms with Gasteiger partial charge in [0.2, 0.25) is 5.91 Å². The number of thiazole rings is 1. The molecule has 0 aliphatic heterocycles. The van der Waals surface area contributed by atoms with Crippen molar-refractivity contribution in [3.8, 4) is 11.3 Å². The lowest BCUT2D eigenvalue weighted by Crippen LogP contribution is -2.14.